The highest BCUT2D eigenvalue weighted by molar-refractivity contribution is 5.86. The van der Waals surface area contributed by atoms with Crippen molar-refractivity contribution in [3.63, 3.8) is 0 Å². The molecule has 0 spiro atoms. The molecule has 0 aromatic carbocycles. The molecule has 2 N–H and O–H groups in total. The summed E-state index contributed by atoms with van der Waals surface area (Å²) < 4.78 is 0. The van der Waals surface area contributed by atoms with Gasteiger partial charge in [-0.3, -0.25) is 9.59 Å². The zero-order chi connectivity index (χ0) is 15.5. The van der Waals surface area contributed by atoms with Crippen LogP contribution in [0.25, 0.3) is 0 Å². The number of carbonyl (C=O) groups excluding carboxylic acids is 1. The average Bonchev–Trinajstić information content (AvgIpc) is 2.95. The molecule has 1 aromatic rings. The molecule has 0 bridgehead atoms. The molecule has 0 aliphatic carbocycles. The summed E-state index contributed by atoms with van der Waals surface area (Å²) in [6, 6.07) is 1.39. The van der Waals surface area contributed by atoms with Crippen molar-refractivity contribution in [2.45, 2.75) is 32.7 Å². The maximum Gasteiger partial charge on any atom is 0.310 e. The Labute approximate surface area is 123 Å². The van der Waals surface area contributed by atoms with Crippen molar-refractivity contribution >= 4 is 17.8 Å². The molecule has 7 nitrogen and oxygen atoms in total. The highest BCUT2D eigenvalue weighted by Crippen LogP contribution is 2.22. The summed E-state index contributed by atoms with van der Waals surface area (Å²) in [5.41, 5.74) is -0.984. The number of hydrogen-bond donors (Lipinski definition) is 2. The molecule has 1 aliphatic rings. The van der Waals surface area contributed by atoms with Gasteiger partial charge in [0.2, 0.25) is 11.9 Å². The molecule has 1 fully saturated rings. The largest absolute Gasteiger partial charge is 0.481 e. The van der Waals surface area contributed by atoms with Gasteiger partial charge in [0.1, 0.15) is 6.04 Å². The number of hydrogen-bond acceptors (Lipinski definition) is 5. The van der Waals surface area contributed by atoms with Gasteiger partial charge in [-0.25, -0.2) is 9.97 Å². The maximum atomic E-state index is 12.3. The molecule has 114 valence electrons. The second kappa shape index (κ2) is 6.07. The lowest BCUT2D eigenvalue weighted by molar-refractivity contribution is -0.146. The molecule has 0 radical (unpaired) electrons. The standard InChI is InChI=1S/C14H20N4O3/c1-14(2,12(20)21)9-17-11(19)10-5-3-8-18(10)13-15-6-4-7-16-13/h4,6-7,10H,3,5,8-9H2,1-2H3,(H,17,19)(H,20,21). The van der Waals surface area contributed by atoms with Crippen LogP contribution in [-0.4, -0.2) is 46.1 Å². The van der Waals surface area contributed by atoms with Gasteiger partial charge in [-0.15, -0.1) is 0 Å². The fraction of sp³-hybridized carbons (Fsp3) is 0.571. The lowest BCUT2D eigenvalue weighted by Gasteiger charge is -2.25. The third-order valence-corrected chi connectivity index (χ3v) is 3.65. The van der Waals surface area contributed by atoms with Gasteiger partial charge in [-0.1, -0.05) is 0 Å². The number of carboxylic acids is 1. The number of carbonyl (C=O) groups is 2. The molecular formula is C14H20N4O3. The van der Waals surface area contributed by atoms with Crippen LogP contribution >= 0.6 is 0 Å². The average molecular weight is 292 g/mol. The van der Waals surface area contributed by atoms with Crippen molar-refractivity contribution in [3.8, 4) is 0 Å². The first-order valence-corrected chi connectivity index (χ1v) is 6.96. The van der Waals surface area contributed by atoms with Crippen molar-refractivity contribution in [1.82, 2.24) is 15.3 Å². The Bertz CT molecular complexity index is 518. The van der Waals surface area contributed by atoms with E-state index in [1.807, 2.05) is 4.90 Å². The number of aliphatic carboxylic acids is 1. The lowest BCUT2D eigenvalue weighted by atomic mass is 9.94. The van der Waals surface area contributed by atoms with Crippen LogP contribution in [-0.2, 0) is 9.59 Å². The number of rotatable bonds is 5. The molecule has 1 amide bonds. The molecule has 0 saturated carbocycles. The summed E-state index contributed by atoms with van der Waals surface area (Å²) in [7, 11) is 0. The number of carboxylic acid groups (broad SMARTS) is 1. The van der Waals surface area contributed by atoms with E-state index in [1.54, 1.807) is 32.3 Å². The summed E-state index contributed by atoms with van der Waals surface area (Å²) in [6.07, 6.45) is 4.89. The Morgan fingerprint density at radius 1 is 1.43 bits per heavy atom. The molecule has 1 aromatic heterocycles. The van der Waals surface area contributed by atoms with E-state index in [9.17, 15) is 9.59 Å². The summed E-state index contributed by atoms with van der Waals surface area (Å²) in [5, 5.41) is 11.8. The number of anilines is 1. The predicted octanol–water partition coefficient (Wildman–Crippen LogP) is 0.672. The maximum absolute atomic E-state index is 12.3. The molecule has 7 heteroatoms. The molecule has 2 heterocycles. The smallest absolute Gasteiger partial charge is 0.310 e. The highest BCUT2D eigenvalue weighted by Gasteiger charge is 2.34. The van der Waals surface area contributed by atoms with Crippen molar-refractivity contribution in [3.05, 3.63) is 18.5 Å². The van der Waals surface area contributed by atoms with Crippen LogP contribution in [0.15, 0.2) is 18.5 Å². The Morgan fingerprint density at radius 3 is 2.71 bits per heavy atom. The van der Waals surface area contributed by atoms with Gasteiger partial charge in [0, 0.05) is 25.5 Å². The number of amides is 1. The fourth-order valence-electron chi connectivity index (χ4n) is 2.22. The third-order valence-electron chi connectivity index (χ3n) is 3.65. The summed E-state index contributed by atoms with van der Waals surface area (Å²) in [6.45, 7) is 4.00. The van der Waals surface area contributed by atoms with Crippen molar-refractivity contribution < 1.29 is 14.7 Å². The van der Waals surface area contributed by atoms with E-state index in [-0.39, 0.29) is 18.5 Å². The first kappa shape index (κ1) is 15.2. The first-order valence-electron chi connectivity index (χ1n) is 6.96. The molecule has 1 aliphatic heterocycles. The van der Waals surface area contributed by atoms with Gasteiger partial charge in [0.15, 0.2) is 0 Å². The molecule has 1 unspecified atom stereocenters. The molecule has 1 saturated heterocycles. The van der Waals surface area contributed by atoms with Crippen LogP contribution in [0.2, 0.25) is 0 Å². The van der Waals surface area contributed by atoms with Gasteiger partial charge < -0.3 is 15.3 Å². The van der Waals surface area contributed by atoms with E-state index in [0.717, 1.165) is 19.4 Å². The Hall–Kier alpha value is -2.18. The minimum absolute atomic E-state index is 0.0984. The zero-order valence-corrected chi connectivity index (χ0v) is 12.2. The van der Waals surface area contributed by atoms with E-state index in [1.165, 1.54) is 0 Å². The van der Waals surface area contributed by atoms with Gasteiger partial charge in [0.25, 0.3) is 0 Å². The SMILES string of the molecule is CC(C)(CNC(=O)C1CCCN1c1ncccn1)C(=O)O. The highest BCUT2D eigenvalue weighted by atomic mass is 16.4. The Kier molecular flexibility index (Phi) is 4.40. The summed E-state index contributed by atoms with van der Waals surface area (Å²) in [5.74, 6) is -0.570. The second-order valence-corrected chi connectivity index (χ2v) is 5.81. The van der Waals surface area contributed by atoms with E-state index < -0.39 is 11.4 Å². The quantitative estimate of drug-likeness (QED) is 0.828. The summed E-state index contributed by atoms with van der Waals surface area (Å²) >= 11 is 0. The number of nitrogens with zero attached hydrogens (tertiary/aromatic N) is 3. The van der Waals surface area contributed by atoms with Crippen molar-refractivity contribution in [2.75, 3.05) is 18.0 Å². The predicted molar refractivity (Wildman–Crippen MR) is 76.8 cm³/mol. The molecular weight excluding hydrogens is 272 g/mol. The van der Waals surface area contributed by atoms with Crippen molar-refractivity contribution in [2.24, 2.45) is 5.41 Å². The molecule has 2 rings (SSSR count). The van der Waals surface area contributed by atoms with Crippen LogP contribution in [0.1, 0.15) is 26.7 Å². The Balaban J connectivity index is 2.00. The monoisotopic (exact) mass is 292 g/mol. The van der Waals surface area contributed by atoms with Crippen LogP contribution < -0.4 is 10.2 Å². The van der Waals surface area contributed by atoms with Gasteiger partial charge in [-0.05, 0) is 32.8 Å². The minimum Gasteiger partial charge on any atom is -0.481 e. The number of aromatic nitrogens is 2. The van der Waals surface area contributed by atoms with E-state index in [4.69, 9.17) is 5.11 Å². The molecule has 1 atom stereocenters. The van der Waals surface area contributed by atoms with Crippen LogP contribution in [0.3, 0.4) is 0 Å². The van der Waals surface area contributed by atoms with Gasteiger partial charge in [-0.2, -0.15) is 0 Å². The number of nitrogens with one attached hydrogen (secondary N) is 1. The summed E-state index contributed by atoms with van der Waals surface area (Å²) in [4.78, 5) is 33.6. The van der Waals surface area contributed by atoms with Gasteiger partial charge in [0.05, 0.1) is 5.41 Å². The zero-order valence-electron chi connectivity index (χ0n) is 12.2. The van der Waals surface area contributed by atoms with E-state index in [2.05, 4.69) is 15.3 Å². The first-order chi connectivity index (χ1) is 9.92. The minimum atomic E-state index is -0.984. The van der Waals surface area contributed by atoms with Crippen LogP contribution in [0.5, 0.6) is 0 Å². The molecule has 21 heavy (non-hydrogen) atoms. The Morgan fingerprint density at radius 2 is 2.10 bits per heavy atom. The van der Waals surface area contributed by atoms with E-state index in [0.29, 0.717) is 5.95 Å². The lowest BCUT2D eigenvalue weighted by Crippen LogP contribution is -2.47. The normalized spacial score (nSPS) is 18.6. The van der Waals surface area contributed by atoms with Crippen LogP contribution in [0, 0.1) is 5.41 Å². The fourth-order valence-corrected chi connectivity index (χ4v) is 2.22. The van der Waals surface area contributed by atoms with Crippen LogP contribution in [0.4, 0.5) is 5.95 Å². The topological polar surface area (TPSA) is 95.4 Å². The second-order valence-electron chi connectivity index (χ2n) is 5.81. The van der Waals surface area contributed by atoms with Gasteiger partial charge >= 0.3 is 5.97 Å². The third kappa shape index (κ3) is 3.48. The van der Waals surface area contributed by atoms with Crippen molar-refractivity contribution in [1.29, 1.82) is 0 Å². The van der Waals surface area contributed by atoms with E-state index >= 15 is 0 Å².